The van der Waals surface area contributed by atoms with Crippen LogP contribution < -0.4 is 14.9 Å². The van der Waals surface area contributed by atoms with Crippen LogP contribution in [0.2, 0.25) is 5.02 Å². The zero-order valence-electron chi connectivity index (χ0n) is 16.3. The van der Waals surface area contributed by atoms with Crippen molar-refractivity contribution < 1.29 is 14.3 Å². The second-order valence-corrected chi connectivity index (χ2v) is 7.84. The Morgan fingerprint density at radius 1 is 1.10 bits per heavy atom. The summed E-state index contributed by atoms with van der Waals surface area (Å²) in [5.74, 6) is 1.000. The molecule has 1 N–H and O–H groups in total. The van der Waals surface area contributed by atoms with Gasteiger partial charge in [0, 0.05) is 10.6 Å². The Hall–Kier alpha value is -2.58. The van der Waals surface area contributed by atoms with Crippen LogP contribution in [0.3, 0.4) is 0 Å². The molecule has 30 heavy (non-hydrogen) atoms. The van der Waals surface area contributed by atoms with Crippen LogP contribution in [0.15, 0.2) is 71.8 Å². The fourth-order valence-electron chi connectivity index (χ4n) is 2.63. The van der Waals surface area contributed by atoms with Crippen LogP contribution in [0.5, 0.6) is 11.5 Å². The van der Waals surface area contributed by atoms with Gasteiger partial charge in [0.05, 0.1) is 16.4 Å². The van der Waals surface area contributed by atoms with Gasteiger partial charge in [-0.05, 0) is 77.0 Å². The number of hydrazone groups is 1. The quantitative estimate of drug-likeness (QED) is 0.230. The molecule has 3 aromatic carbocycles. The molecule has 3 rings (SSSR count). The number of amides is 1. The number of hydrogen-bond donors (Lipinski definition) is 1. The van der Waals surface area contributed by atoms with Gasteiger partial charge < -0.3 is 9.47 Å². The Morgan fingerprint density at radius 2 is 1.83 bits per heavy atom. The predicted molar refractivity (Wildman–Crippen MR) is 128 cm³/mol. The molecule has 0 fully saturated rings. The third-order valence-corrected chi connectivity index (χ3v) is 5.10. The molecule has 7 heteroatoms. The second kappa shape index (κ2) is 11.0. The highest BCUT2D eigenvalue weighted by molar-refractivity contribution is 14.1. The standard InChI is InChI=1S/C23H20ClIN2O3/c1-2-29-21-13-17(14-26-27-23(28)18-8-10-19(24)11-9-18)12-20(25)22(21)30-15-16-6-4-3-5-7-16/h3-14H,2,15H2,1H3,(H,27,28)/b26-14-. The lowest BCUT2D eigenvalue weighted by atomic mass is 10.2. The highest BCUT2D eigenvalue weighted by atomic mass is 127. The van der Waals surface area contributed by atoms with E-state index in [1.54, 1.807) is 30.5 Å². The van der Waals surface area contributed by atoms with Crippen molar-refractivity contribution in [1.29, 1.82) is 0 Å². The number of nitrogens with one attached hydrogen (secondary N) is 1. The third kappa shape index (κ3) is 6.21. The first-order chi connectivity index (χ1) is 14.6. The van der Waals surface area contributed by atoms with Gasteiger partial charge >= 0.3 is 0 Å². The Morgan fingerprint density at radius 3 is 2.53 bits per heavy atom. The largest absolute Gasteiger partial charge is 0.490 e. The van der Waals surface area contributed by atoms with Gasteiger partial charge in [-0.25, -0.2) is 5.43 Å². The van der Waals surface area contributed by atoms with Crippen molar-refractivity contribution in [2.75, 3.05) is 6.61 Å². The van der Waals surface area contributed by atoms with E-state index in [1.165, 1.54) is 0 Å². The average molecular weight is 535 g/mol. The summed E-state index contributed by atoms with van der Waals surface area (Å²) >= 11 is 8.05. The number of rotatable bonds is 8. The van der Waals surface area contributed by atoms with E-state index in [4.69, 9.17) is 21.1 Å². The molecule has 0 bridgehead atoms. The minimum atomic E-state index is -0.314. The Labute approximate surface area is 194 Å². The first-order valence-electron chi connectivity index (χ1n) is 9.29. The van der Waals surface area contributed by atoms with Crippen LogP contribution in [0.1, 0.15) is 28.4 Å². The zero-order valence-corrected chi connectivity index (χ0v) is 19.2. The summed E-state index contributed by atoms with van der Waals surface area (Å²) in [6.07, 6.45) is 1.57. The molecule has 0 aliphatic rings. The number of benzene rings is 3. The number of halogens is 2. The van der Waals surface area contributed by atoms with Gasteiger partial charge in [0.1, 0.15) is 6.61 Å². The molecule has 0 aliphatic heterocycles. The monoisotopic (exact) mass is 534 g/mol. The van der Waals surface area contributed by atoms with E-state index in [-0.39, 0.29) is 5.91 Å². The van der Waals surface area contributed by atoms with E-state index in [2.05, 4.69) is 33.1 Å². The lowest BCUT2D eigenvalue weighted by Crippen LogP contribution is -2.17. The molecule has 0 unspecified atom stereocenters. The minimum Gasteiger partial charge on any atom is -0.490 e. The SMILES string of the molecule is CCOc1cc(/C=N\NC(=O)c2ccc(Cl)cc2)cc(I)c1OCc1ccccc1. The van der Waals surface area contributed by atoms with Crippen molar-refractivity contribution in [1.82, 2.24) is 5.43 Å². The molecule has 0 aliphatic carbocycles. The molecule has 0 aromatic heterocycles. The van der Waals surface area contributed by atoms with Crippen molar-refractivity contribution >= 4 is 46.3 Å². The van der Waals surface area contributed by atoms with Gasteiger partial charge in [-0.3, -0.25) is 4.79 Å². The van der Waals surface area contributed by atoms with E-state index >= 15 is 0 Å². The molecule has 0 saturated heterocycles. The maximum atomic E-state index is 12.1. The van der Waals surface area contributed by atoms with Crippen molar-refractivity contribution in [3.05, 3.63) is 92.0 Å². The van der Waals surface area contributed by atoms with E-state index in [0.29, 0.717) is 35.3 Å². The normalized spacial score (nSPS) is 10.8. The van der Waals surface area contributed by atoms with Gasteiger partial charge in [0.25, 0.3) is 5.91 Å². The molecule has 5 nitrogen and oxygen atoms in total. The Kier molecular flexibility index (Phi) is 8.10. The van der Waals surface area contributed by atoms with Crippen LogP contribution in [-0.2, 0) is 6.61 Å². The average Bonchev–Trinajstić information content (AvgIpc) is 2.74. The van der Waals surface area contributed by atoms with Crippen LogP contribution >= 0.6 is 34.2 Å². The molecule has 0 heterocycles. The van der Waals surface area contributed by atoms with Crippen molar-refractivity contribution in [3.8, 4) is 11.5 Å². The van der Waals surface area contributed by atoms with Crippen molar-refractivity contribution in [2.24, 2.45) is 5.10 Å². The fourth-order valence-corrected chi connectivity index (χ4v) is 3.53. The summed E-state index contributed by atoms with van der Waals surface area (Å²) in [5, 5.41) is 4.62. The maximum absolute atomic E-state index is 12.1. The summed E-state index contributed by atoms with van der Waals surface area (Å²) in [4.78, 5) is 12.1. The number of nitrogens with zero attached hydrogens (tertiary/aromatic N) is 1. The topological polar surface area (TPSA) is 59.9 Å². The first-order valence-corrected chi connectivity index (χ1v) is 10.7. The molecule has 0 saturated carbocycles. The lowest BCUT2D eigenvalue weighted by molar-refractivity contribution is 0.0955. The molecule has 0 radical (unpaired) electrons. The summed E-state index contributed by atoms with van der Waals surface area (Å²) in [7, 11) is 0. The van der Waals surface area contributed by atoms with Gasteiger partial charge in [0.15, 0.2) is 11.5 Å². The van der Waals surface area contributed by atoms with Crippen LogP contribution in [0, 0.1) is 3.57 Å². The smallest absolute Gasteiger partial charge is 0.271 e. The number of hydrogen-bond acceptors (Lipinski definition) is 4. The van der Waals surface area contributed by atoms with Gasteiger partial charge in [-0.15, -0.1) is 0 Å². The van der Waals surface area contributed by atoms with E-state index in [9.17, 15) is 4.79 Å². The number of carbonyl (C=O) groups excluding carboxylic acids is 1. The predicted octanol–water partition coefficient (Wildman–Crippen LogP) is 5.69. The van der Waals surface area contributed by atoms with Crippen molar-refractivity contribution in [3.63, 3.8) is 0 Å². The molecule has 0 atom stereocenters. The number of carbonyl (C=O) groups is 1. The minimum absolute atomic E-state index is 0.314. The molecular weight excluding hydrogens is 515 g/mol. The molecule has 3 aromatic rings. The van der Waals surface area contributed by atoms with E-state index in [0.717, 1.165) is 14.7 Å². The molecule has 0 spiro atoms. The molecule has 1 amide bonds. The Balaban J connectivity index is 1.71. The number of ether oxygens (including phenoxy) is 2. The zero-order chi connectivity index (χ0) is 21.3. The van der Waals surface area contributed by atoms with Crippen LogP contribution in [0.4, 0.5) is 0 Å². The van der Waals surface area contributed by atoms with E-state index < -0.39 is 0 Å². The van der Waals surface area contributed by atoms with E-state index in [1.807, 2.05) is 49.4 Å². The van der Waals surface area contributed by atoms with Gasteiger partial charge in [0.2, 0.25) is 0 Å². The molecule has 154 valence electrons. The highest BCUT2D eigenvalue weighted by Crippen LogP contribution is 2.34. The lowest BCUT2D eigenvalue weighted by Gasteiger charge is -2.14. The van der Waals surface area contributed by atoms with Crippen molar-refractivity contribution in [2.45, 2.75) is 13.5 Å². The second-order valence-electron chi connectivity index (χ2n) is 6.24. The van der Waals surface area contributed by atoms with Crippen LogP contribution in [-0.4, -0.2) is 18.7 Å². The first kappa shape index (κ1) is 22.1. The summed E-state index contributed by atoms with van der Waals surface area (Å²) in [6.45, 7) is 2.87. The van der Waals surface area contributed by atoms with Gasteiger partial charge in [-0.1, -0.05) is 41.9 Å². The highest BCUT2D eigenvalue weighted by Gasteiger charge is 2.12. The molecular formula is C23H20ClIN2O3. The maximum Gasteiger partial charge on any atom is 0.271 e. The fraction of sp³-hybridized carbons (Fsp3) is 0.130. The van der Waals surface area contributed by atoms with Gasteiger partial charge in [-0.2, -0.15) is 5.10 Å². The summed E-state index contributed by atoms with van der Waals surface area (Å²) in [6, 6.07) is 20.3. The van der Waals surface area contributed by atoms with Crippen LogP contribution in [0.25, 0.3) is 0 Å². The third-order valence-electron chi connectivity index (χ3n) is 4.04. The summed E-state index contributed by atoms with van der Waals surface area (Å²) in [5.41, 5.74) is 4.85. The summed E-state index contributed by atoms with van der Waals surface area (Å²) < 4.78 is 12.7. The Bertz CT molecular complexity index is 1020.